The molecule has 1 unspecified atom stereocenters. The van der Waals surface area contributed by atoms with Crippen LogP contribution in [0.1, 0.15) is 36.2 Å². The van der Waals surface area contributed by atoms with E-state index in [1.807, 2.05) is 6.92 Å². The van der Waals surface area contributed by atoms with Gasteiger partial charge in [-0.2, -0.15) is 0 Å². The van der Waals surface area contributed by atoms with Crippen LogP contribution in [-0.2, 0) is 4.79 Å². The lowest BCUT2D eigenvalue weighted by Gasteiger charge is -2.19. The van der Waals surface area contributed by atoms with Gasteiger partial charge in [0.15, 0.2) is 0 Å². The molecule has 0 radical (unpaired) electrons. The van der Waals surface area contributed by atoms with E-state index in [1.54, 1.807) is 38.1 Å². The predicted octanol–water partition coefficient (Wildman–Crippen LogP) is 1.87. The minimum Gasteiger partial charge on any atom is -0.319 e. The maximum atomic E-state index is 11.8. The van der Waals surface area contributed by atoms with Gasteiger partial charge in [-0.1, -0.05) is 36.8 Å². The normalized spacial score (nSPS) is 14.2. The van der Waals surface area contributed by atoms with Crippen molar-refractivity contribution in [2.24, 2.45) is 5.73 Å². The SMILES string of the molecule is CCC(C)(N)C(=O)C(=O)c1ccc(C)cc1. The van der Waals surface area contributed by atoms with Crippen molar-refractivity contribution < 1.29 is 9.59 Å². The van der Waals surface area contributed by atoms with Crippen LogP contribution in [-0.4, -0.2) is 17.1 Å². The molecule has 0 fully saturated rings. The van der Waals surface area contributed by atoms with Gasteiger partial charge < -0.3 is 5.73 Å². The third kappa shape index (κ3) is 2.55. The fourth-order valence-electron chi connectivity index (χ4n) is 1.26. The number of Topliss-reactive ketones (excluding diaryl/α,β-unsaturated/α-hetero) is 2. The quantitative estimate of drug-likeness (QED) is 0.621. The Bertz CT molecular complexity index is 404. The van der Waals surface area contributed by atoms with E-state index in [1.165, 1.54) is 0 Å². The zero-order chi connectivity index (χ0) is 12.3. The van der Waals surface area contributed by atoms with E-state index in [-0.39, 0.29) is 0 Å². The average Bonchev–Trinajstić information content (AvgIpc) is 2.28. The fourth-order valence-corrected chi connectivity index (χ4v) is 1.26. The molecule has 3 nitrogen and oxygen atoms in total. The van der Waals surface area contributed by atoms with Crippen molar-refractivity contribution >= 4 is 11.6 Å². The molecule has 0 bridgehead atoms. The molecule has 0 spiro atoms. The minimum absolute atomic E-state index is 0.403. The minimum atomic E-state index is -1.07. The summed E-state index contributed by atoms with van der Waals surface area (Å²) in [6.45, 7) is 5.30. The summed E-state index contributed by atoms with van der Waals surface area (Å²) in [4.78, 5) is 23.6. The zero-order valence-corrected chi connectivity index (χ0v) is 9.91. The van der Waals surface area contributed by atoms with Crippen LogP contribution in [0.5, 0.6) is 0 Å². The van der Waals surface area contributed by atoms with Gasteiger partial charge in [-0.25, -0.2) is 0 Å². The van der Waals surface area contributed by atoms with Gasteiger partial charge in [-0.05, 0) is 20.3 Å². The number of rotatable bonds is 4. The lowest BCUT2D eigenvalue weighted by atomic mass is 9.89. The second kappa shape index (κ2) is 4.58. The molecule has 1 atom stereocenters. The Morgan fingerprint density at radius 1 is 1.25 bits per heavy atom. The van der Waals surface area contributed by atoms with Crippen LogP contribution in [0.15, 0.2) is 24.3 Å². The number of carbonyl (C=O) groups excluding carboxylic acids is 2. The summed E-state index contributed by atoms with van der Waals surface area (Å²) < 4.78 is 0. The summed E-state index contributed by atoms with van der Waals surface area (Å²) in [5.41, 5.74) is 6.14. The fraction of sp³-hybridized carbons (Fsp3) is 0.385. The molecule has 0 saturated heterocycles. The Kier molecular flexibility index (Phi) is 3.60. The van der Waals surface area contributed by atoms with Crippen LogP contribution in [0.2, 0.25) is 0 Å². The molecule has 3 heteroatoms. The van der Waals surface area contributed by atoms with Gasteiger partial charge in [0.1, 0.15) is 0 Å². The van der Waals surface area contributed by atoms with E-state index >= 15 is 0 Å². The molecule has 1 aromatic rings. The smallest absolute Gasteiger partial charge is 0.230 e. The number of hydrogen-bond acceptors (Lipinski definition) is 3. The van der Waals surface area contributed by atoms with E-state index in [4.69, 9.17) is 5.73 Å². The highest BCUT2D eigenvalue weighted by molar-refractivity contribution is 6.46. The average molecular weight is 219 g/mol. The second-order valence-electron chi connectivity index (χ2n) is 4.30. The summed E-state index contributed by atoms with van der Waals surface area (Å²) in [5, 5.41) is 0. The van der Waals surface area contributed by atoms with Crippen LogP contribution >= 0.6 is 0 Å². The highest BCUT2D eigenvalue weighted by Crippen LogP contribution is 2.12. The summed E-state index contributed by atoms with van der Waals surface area (Å²) in [5.74, 6) is -1.04. The monoisotopic (exact) mass is 219 g/mol. The first-order chi connectivity index (χ1) is 7.38. The standard InChI is InChI=1S/C13H17NO2/c1-4-13(3,14)12(16)11(15)10-7-5-9(2)6-8-10/h5-8H,4,14H2,1-3H3. The summed E-state index contributed by atoms with van der Waals surface area (Å²) >= 11 is 0. The number of hydrogen-bond donors (Lipinski definition) is 1. The summed E-state index contributed by atoms with van der Waals surface area (Å²) in [6.07, 6.45) is 0.448. The molecular weight excluding hydrogens is 202 g/mol. The van der Waals surface area contributed by atoms with Crippen molar-refractivity contribution in [2.75, 3.05) is 0 Å². The van der Waals surface area contributed by atoms with Crippen molar-refractivity contribution in [3.05, 3.63) is 35.4 Å². The summed E-state index contributed by atoms with van der Waals surface area (Å²) in [7, 11) is 0. The number of benzene rings is 1. The van der Waals surface area contributed by atoms with Gasteiger partial charge >= 0.3 is 0 Å². The van der Waals surface area contributed by atoms with Gasteiger partial charge in [-0.15, -0.1) is 0 Å². The molecule has 86 valence electrons. The molecule has 0 heterocycles. The van der Waals surface area contributed by atoms with Gasteiger partial charge in [-0.3, -0.25) is 9.59 Å². The topological polar surface area (TPSA) is 60.2 Å². The number of aryl methyl sites for hydroxylation is 1. The highest BCUT2D eigenvalue weighted by atomic mass is 16.2. The molecule has 1 aromatic carbocycles. The Hall–Kier alpha value is -1.48. The molecule has 0 aliphatic heterocycles. The van der Waals surface area contributed by atoms with Gasteiger partial charge in [0, 0.05) is 5.56 Å². The van der Waals surface area contributed by atoms with E-state index in [0.29, 0.717) is 12.0 Å². The number of carbonyl (C=O) groups is 2. The van der Waals surface area contributed by atoms with Crippen molar-refractivity contribution in [3.63, 3.8) is 0 Å². The van der Waals surface area contributed by atoms with Crippen molar-refractivity contribution in [1.29, 1.82) is 0 Å². The van der Waals surface area contributed by atoms with Crippen LogP contribution in [0.25, 0.3) is 0 Å². The first-order valence-electron chi connectivity index (χ1n) is 5.33. The van der Waals surface area contributed by atoms with Gasteiger partial charge in [0.05, 0.1) is 5.54 Å². The molecule has 0 saturated carbocycles. The zero-order valence-electron chi connectivity index (χ0n) is 9.91. The molecule has 0 aliphatic carbocycles. The predicted molar refractivity (Wildman–Crippen MR) is 63.4 cm³/mol. The highest BCUT2D eigenvalue weighted by Gasteiger charge is 2.32. The first kappa shape index (κ1) is 12.6. The summed E-state index contributed by atoms with van der Waals surface area (Å²) in [6, 6.07) is 6.92. The Morgan fingerprint density at radius 2 is 1.75 bits per heavy atom. The van der Waals surface area contributed by atoms with Crippen LogP contribution in [0.3, 0.4) is 0 Å². The maximum Gasteiger partial charge on any atom is 0.230 e. The molecule has 0 aromatic heterocycles. The van der Waals surface area contributed by atoms with Crippen molar-refractivity contribution in [2.45, 2.75) is 32.7 Å². The second-order valence-corrected chi connectivity index (χ2v) is 4.30. The van der Waals surface area contributed by atoms with E-state index < -0.39 is 17.1 Å². The van der Waals surface area contributed by atoms with Crippen LogP contribution in [0.4, 0.5) is 0 Å². The molecular formula is C13H17NO2. The largest absolute Gasteiger partial charge is 0.319 e. The Labute approximate surface area is 95.6 Å². The third-order valence-corrected chi connectivity index (χ3v) is 2.77. The van der Waals surface area contributed by atoms with Crippen LogP contribution < -0.4 is 5.73 Å². The molecule has 16 heavy (non-hydrogen) atoms. The first-order valence-corrected chi connectivity index (χ1v) is 5.33. The van der Waals surface area contributed by atoms with Crippen molar-refractivity contribution in [1.82, 2.24) is 0 Å². The Morgan fingerprint density at radius 3 is 2.19 bits per heavy atom. The third-order valence-electron chi connectivity index (χ3n) is 2.77. The van der Waals surface area contributed by atoms with E-state index in [2.05, 4.69) is 0 Å². The molecule has 2 N–H and O–H groups in total. The number of ketones is 2. The van der Waals surface area contributed by atoms with Gasteiger partial charge in [0.25, 0.3) is 0 Å². The number of nitrogens with two attached hydrogens (primary N) is 1. The molecule has 0 amide bonds. The van der Waals surface area contributed by atoms with E-state index in [0.717, 1.165) is 5.56 Å². The van der Waals surface area contributed by atoms with Gasteiger partial charge in [0.2, 0.25) is 11.6 Å². The van der Waals surface area contributed by atoms with Crippen molar-refractivity contribution in [3.8, 4) is 0 Å². The molecule has 0 aliphatic rings. The lowest BCUT2D eigenvalue weighted by molar-refractivity contribution is -0.119. The van der Waals surface area contributed by atoms with E-state index in [9.17, 15) is 9.59 Å². The lowest BCUT2D eigenvalue weighted by Crippen LogP contribution is -2.47. The Balaban J connectivity index is 2.95. The van der Waals surface area contributed by atoms with Crippen LogP contribution in [0, 0.1) is 6.92 Å². The molecule has 1 rings (SSSR count). The maximum absolute atomic E-state index is 11.8.